The summed E-state index contributed by atoms with van der Waals surface area (Å²) in [5, 5.41) is 0. The van der Waals surface area contributed by atoms with E-state index in [9.17, 15) is 8.42 Å². The van der Waals surface area contributed by atoms with Crippen LogP contribution in [0, 0.1) is 0 Å². The fourth-order valence-corrected chi connectivity index (χ4v) is 3.55. The summed E-state index contributed by atoms with van der Waals surface area (Å²) < 4.78 is 33.6. The van der Waals surface area contributed by atoms with Crippen LogP contribution in [0.3, 0.4) is 0 Å². The molecule has 4 nitrogen and oxygen atoms in total. The molecule has 0 N–H and O–H groups in total. The van der Waals surface area contributed by atoms with Gasteiger partial charge in [-0.1, -0.05) is 89.3 Å². The number of hydrogen-bond donors (Lipinski definition) is 0. The Morgan fingerprint density at radius 2 is 1.25 bits per heavy atom. The van der Waals surface area contributed by atoms with Gasteiger partial charge in [0.1, 0.15) is 0 Å². The molecule has 0 fully saturated rings. The second kappa shape index (κ2) is 18.8. The van der Waals surface area contributed by atoms with Crippen molar-refractivity contribution in [2.45, 2.75) is 102 Å². The predicted octanol–water partition coefficient (Wildman–Crippen LogP) is 6.58. The van der Waals surface area contributed by atoms with Crippen molar-refractivity contribution in [2.24, 2.45) is 0 Å². The molecule has 0 radical (unpaired) electrons. The van der Waals surface area contributed by atoms with Crippen LogP contribution in [-0.2, 0) is 38.4 Å². The molecule has 0 aliphatic heterocycles. The molecule has 28 heavy (non-hydrogen) atoms. The normalized spacial score (nSPS) is 11.2. The van der Waals surface area contributed by atoms with Crippen LogP contribution in [-0.4, -0.2) is 21.1 Å². The first-order valence-electron chi connectivity index (χ1n) is 10.7. The van der Waals surface area contributed by atoms with Gasteiger partial charge in [-0.2, -0.15) is 8.42 Å². The van der Waals surface area contributed by atoms with E-state index in [-0.39, 0.29) is 11.5 Å². The first kappa shape index (κ1) is 27.8. The average molecular weight is 447 g/mol. The Morgan fingerprint density at radius 1 is 0.821 bits per heavy atom. The average Bonchev–Trinajstić information content (AvgIpc) is 2.70. The molecule has 0 aliphatic rings. The Balaban J connectivity index is 0.00000129. The summed E-state index contributed by atoms with van der Waals surface area (Å²) in [6.45, 7) is 6.53. The number of unbranched alkanes of at least 4 members (excludes halogenated alkanes) is 10. The van der Waals surface area contributed by atoms with Crippen LogP contribution in [0.4, 0.5) is 0 Å². The molecule has 0 atom stereocenters. The van der Waals surface area contributed by atoms with E-state index >= 15 is 0 Å². The Kier molecular flexibility index (Phi) is 18.7. The maximum Gasteiger partial charge on any atom is 0.296 e. The van der Waals surface area contributed by atoms with Crippen molar-refractivity contribution >= 4 is 10.1 Å². The van der Waals surface area contributed by atoms with Crippen LogP contribution in [0.5, 0.6) is 0 Å². The number of benzene rings is 1. The summed E-state index contributed by atoms with van der Waals surface area (Å²) in [5.74, 6) is 0. The van der Waals surface area contributed by atoms with E-state index < -0.39 is 10.1 Å². The molecule has 0 spiro atoms. The summed E-state index contributed by atoms with van der Waals surface area (Å²) in [6, 6.07) is 8.34. The minimum Gasteiger partial charge on any atom is -0.266 e. The van der Waals surface area contributed by atoms with Crippen molar-refractivity contribution in [3.05, 3.63) is 30.3 Å². The Hall–Kier alpha value is -0.196. The minimum atomic E-state index is -3.57. The van der Waals surface area contributed by atoms with Gasteiger partial charge >= 0.3 is 44.1 Å². The summed E-state index contributed by atoms with van der Waals surface area (Å²) in [6.07, 6.45) is 14.1. The van der Waals surface area contributed by atoms with Crippen molar-refractivity contribution in [1.82, 2.24) is 0 Å². The van der Waals surface area contributed by atoms with Crippen molar-refractivity contribution in [1.29, 1.82) is 0 Å². The molecule has 0 saturated heterocycles. The molecule has 0 aliphatic carbocycles. The molecular formula is C22H39O4STi. The van der Waals surface area contributed by atoms with Gasteiger partial charge in [-0.05, 0) is 18.6 Å². The summed E-state index contributed by atoms with van der Waals surface area (Å²) >= 11 is 1.70. The smallest absolute Gasteiger partial charge is 0.266 e. The zero-order valence-electron chi connectivity index (χ0n) is 18.0. The summed E-state index contributed by atoms with van der Waals surface area (Å²) in [4.78, 5) is 0.239. The molecule has 6 heteroatoms. The van der Waals surface area contributed by atoms with E-state index in [1.165, 1.54) is 57.8 Å². The molecule has 0 amide bonds. The van der Waals surface area contributed by atoms with E-state index in [1.807, 2.05) is 13.8 Å². The summed E-state index contributed by atoms with van der Waals surface area (Å²) in [7, 11) is -3.57. The molecule has 1 aromatic carbocycles. The topological polar surface area (TPSA) is 52.6 Å². The first-order chi connectivity index (χ1) is 13.4. The van der Waals surface area contributed by atoms with Crippen LogP contribution in [0.15, 0.2) is 35.2 Å². The maximum absolute atomic E-state index is 11.9. The molecule has 161 valence electrons. The zero-order chi connectivity index (χ0) is 21.1. The number of hydrogen-bond acceptors (Lipinski definition) is 4. The standard InChI is InChI=1S/C19H32O3S.C3H7O.Ti/c1-2-3-4-5-6-7-8-9-10-11-15-18-22-23(20,21)19-16-13-12-14-17-19;1-3(2)4;/h12-14,16-17H,2-11,15,18H2,1H3;3H,1-2H3;/q;-1;+1. The predicted molar refractivity (Wildman–Crippen MR) is 112 cm³/mol. The van der Waals surface area contributed by atoms with Crippen molar-refractivity contribution in [3.8, 4) is 0 Å². The van der Waals surface area contributed by atoms with Gasteiger partial charge in [0.2, 0.25) is 0 Å². The largest absolute Gasteiger partial charge is 0.296 e. The quantitative estimate of drug-likeness (QED) is 0.173. The SMILES string of the molecule is CC(C)[O][Ti].CCCCCCCCCCCCCOS(=O)(=O)c1ccccc1. The Morgan fingerprint density at radius 3 is 1.68 bits per heavy atom. The van der Waals surface area contributed by atoms with Gasteiger partial charge in [0.05, 0.1) is 11.5 Å². The van der Waals surface area contributed by atoms with Gasteiger partial charge in [0.25, 0.3) is 10.1 Å². The van der Waals surface area contributed by atoms with Gasteiger partial charge in [-0.3, -0.25) is 4.18 Å². The molecule has 1 rings (SSSR count). The molecule has 0 bridgehead atoms. The molecule has 0 aromatic heterocycles. The second-order valence-electron chi connectivity index (χ2n) is 7.29. The van der Waals surface area contributed by atoms with Gasteiger partial charge in [0.15, 0.2) is 0 Å². The fourth-order valence-electron chi connectivity index (χ4n) is 2.59. The van der Waals surface area contributed by atoms with Gasteiger partial charge in [-0.25, -0.2) is 0 Å². The molecular weight excluding hydrogens is 408 g/mol. The van der Waals surface area contributed by atoms with Crippen molar-refractivity contribution in [3.63, 3.8) is 0 Å². The fraction of sp³-hybridized carbons (Fsp3) is 0.727. The molecule has 1 aromatic rings. The molecule has 0 saturated carbocycles. The van der Waals surface area contributed by atoms with E-state index in [0.29, 0.717) is 6.10 Å². The Labute approximate surface area is 185 Å². The minimum absolute atomic E-state index is 0.239. The van der Waals surface area contributed by atoms with Crippen LogP contribution in [0.25, 0.3) is 0 Å². The Bertz CT molecular complexity index is 547. The van der Waals surface area contributed by atoms with Crippen molar-refractivity contribution in [2.75, 3.05) is 6.61 Å². The maximum atomic E-state index is 11.9. The van der Waals surface area contributed by atoms with Crippen molar-refractivity contribution < 1.29 is 36.7 Å². The summed E-state index contributed by atoms with van der Waals surface area (Å²) in [5.41, 5.74) is 0. The molecule has 0 heterocycles. The zero-order valence-corrected chi connectivity index (χ0v) is 20.4. The third kappa shape index (κ3) is 16.7. The van der Waals surface area contributed by atoms with Crippen LogP contribution in [0.2, 0.25) is 0 Å². The third-order valence-corrected chi connectivity index (χ3v) is 6.32. The van der Waals surface area contributed by atoms with Crippen LogP contribution >= 0.6 is 0 Å². The molecule has 0 unspecified atom stereocenters. The third-order valence-electron chi connectivity index (χ3n) is 4.25. The van der Waals surface area contributed by atoms with E-state index in [1.54, 1.807) is 51.2 Å². The number of rotatable bonds is 15. The van der Waals surface area contributed by atoms with Crippen LogP contribution in [0.1, 0.15) is 91.4 Å². The van der Waals surface area contributed by atoms with Crippen LogP contribution < -0.4 is 0 Å². The van der Waals surface area contributed by atoms with Gasteiger partial charge < -0.3 is 0 Å². The van der Waals surface area contributed by atoms with E-state index in [0.717, 1.165) is 12.8 Å². The van der Waals surface area contributed by atoms with Gasteiger partial charge in [-0.15, -0.1) is 0 Å². The second-order valence-corrected chi connectivity index (χ2v) is 9.27. The monoisotopic (exact) mass is 447 g/mol. The first-order valence-corrected chi connectivity index (χ1v) is 12.8. The van der Waals surface area contributed by atoms with E-state index in [2.05, 4.69) is 6.92 Å². The van der Waals surface area contributed by atoms with E-state index in [4.69, 9.17) is 7.50 Å². The van der Waals surface area contributed by atoms with Gasteiger partial charge in [0, 0.05) is 0 Å².